The molecule has 0 aliphatic heterocycles. The number of hydrogen-bond acceptors (Lipinski definition) is 4. The van der Waals surface area contributed by atoms with Gasteiger partial charge >= 0.3 is 14.2 Å². The van der Waals surface area contributed by atoms with Gasteiger partial charge in [0, 0.05) is 11.1 Å². The molecule has 0 atom stereocenters. The molecule has 0 aliphatic rings. The first-order chi connectivity index (χ1) is 13.0. The van der Waals surface area contributed by atoms with Crippen molar-refractivity contribution in [2.75, 3.05) is 41.3 Å². The van der Waals surface area contributed by atoms with E-state index in [0.29, 0.717) is 10.9 Å². The fourth-order valence-electron chi connectivity index (χ4n) is 3.28. The summed E-state index contributed by atoms with van der Waals surface area (Å²) in [5.74, 6) is 0. The van der Waals surface area contributed by atoms with Crippen LogP contribution in [-0.2, 0) is 13.1 Å². The lowest BCUT2D eigenvalue weighted by atomic mass is 9.80. The first-order valence-corrected chi connectivity index (χ1v) is 9.51. The Morgan fingerprint density at radius 3 is 1.11 bits per heavy atom. The van der Waals surface area contributed by atoms with Crippen molar-refractivity contribution in [1.29, 1.82) is 0 Å². The number of rotatable bonds is 9. The molecule has 0 aromatic heterocycles. The Morgan fingerprint density at radius 2 is 0.857 bits per heavy atom. The van der Waals surface area contributed by atoms with Crippen LogP contribution >= 0.6 is 0 Å². The monoisotopic (exact) mass is 386 g/mol. The molecule has 4 N–H and O–H groups in total. The zero-order valence-electron chi connectivity index (χ0n) is 17.3. The number of benzene rings is 2. The van der Waals surface area contributed by atoms with Crippen molar-refractivity contribution in [2.45, 2.75) is 13.1 Å². The molecule has 28 heavy (non-hydrogen) atoms. The molecule has 0 heterocycles. The van der Waals surface area contributed by atoms with E-state index in [-0.39, 0.29) is 0 Å². The van der Waals surface area contributed by atoms with Gasteiger partial charge in [-0.2, -0.15) is 0 Å². The molecule has 2 aromatic rings. The van der Waals surface area contributed by atoms with Crippen LogP contribution in [0.25, 0.3) is 0 Å². The highest BCUT2D eigenvalue weighted by atomic mass is 16.4. The van der Waals surface area contributed by atoms with Crippen LogP contribution in [0.3, 0.4) is 0 Å². The van der Waals surface area contributed by atoms with Gasteiger partial charge in [-0.05, 0) is 10.9 Å². The van der Waals surface area contributed by atoms with Crippen molar-refractivity contribution in [2.24, 2.45) is 0 Å². The Balaban J connectivity index is 1.92. The third-order valence-corrected chi connectivity index (χ3v) is 5.09. The van der Waals surface area contributed by atoms with Crippen molar-refractivity contribution in [3.8, 4) is 0 Å². The highest BCUT2D eigenvalue weighted by molar-refractivity contribution is 6.58. The molecule has 6 nitrogen and oxygen atoms in total. The molecule has 0 unspecified atom stereocenters. The van der Waals surface area contributed by atoms with E-state index >= 15 is 0 Å². The summed E-state index contributed by atoms with van der Waals surface area (Å²) >= 11 is 0. The van der Waals surface area contributed by atoms with Gasteiger partial charge in [0.05, 0.1) is 28.2 Å². The van der Waals surface area contributed by atoms with Gasteiger partial charge in [0.15, 0.2) is 0 Å². The van der Waals surface area contributed by atoms with Crippen molar-refractivity contribution in [3.63, 3.8) is 0 Å². The summed E-state index contributed by atoms with van der Waals surface area (Å²) in [4.78, 5) is 0. The maximum Gasteiger partial charge on any atom is 0.488 e. The Hall–Kier alpha value is -1.67. The van der Waals surface area contributed by atoms with E-state index in [0.717, 1.165) is 46.3 Å². The van der Waals surface area contributed by atoms with E-state index in [1.165, 1.54) is 0 Å². The quantitative estimate of drug-likeness (QED) is 0.326. The minimum absolute atomic E-state index is 0.506. The van der Waals surface area contributed by atoms with Gasteiger partial charge in [0.25, 0.3) is 0 Å². The summed E-state index contributed by atoms with van der Waals surface area (Å²) in [6.45, 7) is 3.71. The maximum absolute atomic E-state index is 9.21. The molecule has 0 fully saturated rings. The van der Waals surface area contributed by atoms with Crippen molar-refractivity contribution >= 4 is 25.2 Å². The second-order valence-corrected chi connectivity index (χ2v) is 8.87. The molecular formula is C20H32B2N2O4+2. The van der Waals surface area contributed by atoms with Crippen LogP contribution in [0.5, 0.6) is 0 Å². The van der Waals surface area contributed by atoms with E-state index in [9.17, 15) is 20.1 Å². The molecule has 0 aliphatic carbocycles. The second kappa shape index (κ2) is 9.22. The highest BCUT2D eigenvalue weighted by Crippen LogP contribution is 2.13. The second-order valence-electron chi connectivity index (χ2n) is 8.87. The molecule has 0 saturated carbocycles. The van der Waals surface area contributed by atoms with Gasteiger partial charge in [-0.1, -0.05) is 48.5 Å². The first-order valence-electron chi connectivity index (χ1n) is 9.51. The zero-order chi connectivity index (χ0) is 20.9. The van der Waals surface area contributed by atoms with Crippen molar-refractivity contribution < 1.29 is 29.1 Å². The lowest BCUT2D eigenvalue weighted by Gasteiger charge is -2.36. The molecule has 0 radical (unpaired) electrons. The summed E-state index contributed by atoms with van der Waals surface area (Å²) in [7, 11) is 5.95. The van der Waals surface area contributed by atoms with Gasteiger partial charge in [-0.25, -0.2) is 0 Å². The molecule has 8 heteroatoms. The first kappa shape index (κ1) is 22.6. The van der Waals surface area contributed by atoms with Gasteiger partial charge in [-0.3, -0.25) is 0 Å². The summed E-state index contributed by atoms with van der Waals surface area (Å²) in [5.41, 5.74) is 3.34. The predicted octanol–water partition coefficient (Wildman–Crippen LogP) is -1.10. The number of hydrogen-bond donors (Lipinski definition) is 4. The topological polar surface area (TPSA) is 80.9 Å². The van der Waals surface area contributed by atoms with E-state index in [4.69, 9.17) is 0 Å². The number of likely N-dealkylation sites (N-methyl/N-ethyl adjacent to an activating group) is 2. The summed E-state index contributed by atoms with van der Waals surface area (Å²) in [6.07, 6.45) is 0. The standard InChI is InChI=1S/C20H32B2N2O4/c1-23(2,15-17-5-9-19(10-6-17)21(25)26)13-14-24(3,4)16-18-7-11-20(12-8-18)22(27)28/h5-12,25-28H,13-16H2,1-4H3/q+2. The Kier molecular flexibility index (Phi) is 7.45. The molecular weight excluding hydrogens is 354 g/mol. The number of nitrogens with zero attached hydrogens (tertiary/aromatic N) is 2. The summed E-state index contributed by atoms with van der Waals surface area (Å²) in [6, 6.07) is 14.8. The van der Waals surface area contributed by atoms with Crippen LogP contribution in [0.4, 0.5) is 0 Å². The van der Waals surface area contributed by atoms with Crippen LogP contribution in [0.2, 0.25) is 0 Å². The van der Waals surface area contributed by atoms with Gasteiger partial charge in [-0.15, -0.1) is 0 Å². The molecule has 0 bridgehead atoms. The molecule has 0 saturated heterocycles. The van der Waals surface area contributed by atoms with E-state index in [1.807, 2.05) is 24.3 Å². The predicted molar refractivity (Wildman–Crippen MR) is 114 cm³/mol. The van der Waals surface area contributed by atoms with E-state index in [2.05, 4.69) is 28.2 Å². The van der Waals surface area contributed by atoms with Crippen molar-refractivity contribution in [1.82, 2.24) is 0 Å². The molecule has 0 spiro atoms. The van der Waals surface area contributed by atoms with E-state index < -0.39 is 14.2 Å². The van der Waals surface area contributed by atoms with Crippen LogP contribution < -0.4 is 10.9 Å². The Morgan fingerprint density at radius 1 is 0.571 bits per heavy atom. The normalized spacial score (nSPS) is 12.1. The Labute approximate surface area is 168 Å². The third kappa shape index (κ3) is 7.05. The molecule has 0 amide bonds. The highest BCUT2D eigenvalue weighted by Gasteiger charge is 2.24. The zero-order valence-corrected chi connectivity index (χ0v) is 17.3. The lowest BCUT2D eigenvalue weighted by molar-refractivity contribution is -0.958. The van der Waals surface area contributed by atoms with Crippen LogP contribution in [0, 0.1) is 0 Å². The van der Waals surface area contributed by atoms with Gasteiger partial charge in [0.1, 0.15) is 26.2 Å². The van der Waals surface area contributed by atoms with Gasteiger partial charge < -0.3 is 29.1 Å². The molecule has 2 rings (SSSR count). The maximum atomic E-state index is 9.21. The third-order valence-electron chi connectivity index (χ3n) is 5.09. The molecule has 2 aromatic carbocycles. The SMILES string of the molecule is C[N+](C)(CC[N+](C)(C)Cc1ccc(B(O)O)cc1)Cc1ccc(B(O)O)cc1. The lowest BCUT2D eigenvalue weighted by Crippen LogP contribution is -2.50. The number of quaternary nitrogens is 2. The molecule has 150 valence electrons. The van der Waals surface area contributed by atoms with Gasteiger partial charge in [0.2, 0.25) is 0 Å². The van der Waals surface area contributed by atoms with Crippen LogP contribution in [0.1, 0.15) is 11.1 Å². The van der Waals surface area contributed by atoms with E-state index in [1.54, 1.807) is 24.3 Å². The fourth-order valence-corrected chi connectivity index (χ4v) is 3.28. The Bertz CT molecular complexity index is 682. The smallest absolute Gasteiger partial charge is 0.423 e. The minimum Gasteiger partial charge on any atom is -0.423 e. The van der Waals surface area contributed by atoms with Crippen LogP contribution in [-0.4, -0.2) is 84.6 Å². The van der Waals surface area contributed by atoms with Crippen LogP contribution in [0.15, 0.2) is 48.5 Å². The fraction of sp³-hybridized carbons (Fsp3) is 0.400. The minimum atomic E-state index is -1.43. The largest absolute Gasteiger partial charge is 0.488 e. The average Bonchev–Trinajstić information content (AvgIpc) is 2.60. The summed E-state index contributed by atoms with van der Waals surface area (Å²) < 4.78 is 1.66. The average molecular weight is 386 g/mol. The summed E-state index contributed by atoms with van der Waals surface area (Å²) in [5, 5.41) is 36.8. The van der Waals surface area contributed by atoms with Crippen molar-refractivity contribution in [3.05, 3.63) is 59.7 Å².